The number of aromatic hydroxyl groups is 1. The number of anilines is 1. The fraction of sp³-hybridized carbons (Fsp3) is 0. The van der Waals surface area contributed by atoms with Crippen LogP contribution in [0.1, 0.15) is 5.56 Å². The van der Waals surface area contributed by atoms with Crippen LogP contribution in [0.5, 0.6) is 5.75 Å². The maximum Gasteiger partial charge on any atom is 0.266 e. The Labute approximate surface area is 144 Å². The van der Waals surface area contributed by atoms with Gasteiger partial charge in [-0.05, 0) is 46.3 Å². The molecule has 0 aliphatic carbocycles. The topological polar surface area (TPSA) is 73.1 Å². The van der Waals surface area contributed by atoms with Crippen LogP contribution in [0.25, 0.3) is 6.08 Å². The monoisotopic (exact) mass is 420 g/mol. The molecule has 0 saturated carbocycles. The molecule has 110 valence electrons. The third-order valence-corrected chi connectivity index (χ3v) is 3.82. The number of carbonyl (C=O) groups is 1. The van der Waals surface area contributed by atoms with Crippen LogP contribution in [0, 0.1) is 11.3 Å². The predicted molar refractivity (Wildman–Crippen MR) is 92.2 cm³/mol. The van der Waals surface area contributed by atoms with Crippen molar-refractivity contribution in [3.05, 3.63) is 62.5 Å². The molecule has 0 bridgehead atoms. The molecule has 2 rings (SSSR count). The number of rotatable bonds is 3. The molecule has 0 unspecified atom stereocenters. The van der Waals surface area contributed by atoms with Crippen LogP contribution in [-0.2, 0) is 4.79 Å². The second-order valence-electron chi connectivity index (χ2n) is 4.32. The number of nitrogens with zero attached hydrogens (tertiary/aromatic N) is 1. The van der Waals surface area contributed by atoms with Gasteiger partial charge in [-0.2, -0.15) is 5.26 Å². The Morgan fingerprint density at radius 1 is 1.23 bits per heavy atom. The van der Waals surface area contributed by atoms with Crippen molar-refractivity contribution < 1.29 is 9.90 Å². The summed E-state index contributed by atoms with van der Waals surface area (Å²) in [5.41, 5.74) is 0.846. The fourth-order valence-corrected chi connectivity index (χ4v) is 2.98. The Bertz CT molecular complexity index is 781. The third kappa shape index (κ3) is 3.97. The lowest BCUT2D eigenvalue weighted by Crippen LogP contribution is -2.13. The van der Waals surface area contributed by atoms with Gasteiger partial charge in [-0.25, -0.2) is 0 Å². The van der Waals surface area contributed by atoms with Crippen molar-refractivity contribution in [3.8, 4) is 11.8 Å². The molecule has 0 aliphatic heterocycles. The lowest BCUT2D eigenvalue weighted by atomic mass is 10.1. The SMILES string of the molecule is N#CC(=Cc1cc(Br)cc(Br)c1O)C(=O)Nc1ccccc1. The number of amides is 1. The summed E-state index contributed by atoms with van der Waals surface area (Å²) in [6.07, 6.45) is 1.34. The van der Waals surface area contributed by atoms with Crippen molar-refractivity contribution in [3.63, 3.8) is 0 Å². The van der Waals surface area contributed by atoms with Crippen LogP contribution in [0.15, 0.2) is 57.0 Å². The van der Waals surface area contributed by atoms with E-state index in [4.69, 9.17) is 0 Å². The van der Waals surface area contributed by atoms with Crippen molar-refractivity contribution in [1.29, 1.82) is 5.26 Å². The fourth-order valence-electron chi connectivity index (χ4n) is 1.72. The van der Waals surface area contributed by atoms with Crippen molar-refractivity contribution in [2.75, 3.05) is 5.32 Å². The normalized spacial score (nSPS) is 10.9. The van der Waals surface area contributed by atoms with Crippen LogP contribution in [-0.4, -0.2) is 11.0 Å². The molecule has 1 amide bonds. The van der Waals surface area contributed by atoms with E-state index >= 15 is 0 Å². The highest BCUT2D eigenvalue weighted by Gasteiger charge is 2.12. The van der Waals surface area contributed by atoms with Gasteiger partial charge < -0.3 is 10.4 Å². The first-order chi connectivity index (χ1) is 10.5. The molecule has 6 heteroatoms. The van der Waals surface area contributed by atoms with E-state index in [2.05, 4.69) is 37.2 Å². The zero-order chi connectivity index (χ0) is 16.1. The van der Waals surface area contributed by atoms with Crippen LogP contribution in [0.3, 0.4) is 0 Å². The molecule has 22 heavy (non-hydrogen) atoms. The van der Waals surface area contributed by atoms with Crippen LogP contribution >= 0.6 is 31.9 Å². The quantitative estimate of drug-likeness (QED) is 0.567. The Kier molecular flexibility index (Phi) is 5.36. The Balaban J connectivity index is 2.32. The number of para-hydroxylation sites is 1. The summed E-state index contributed by atoms with van der Waals surface area (Å²) >= 11 is 6.50. The first-order valence-electron chi connectivity index (χ1n) is 6.17. The Morgan fingerprint density at radius 3 is 2.55 bits per heavy atom. The number of halogens is 2. The Morgan fingerprint density at radius 2 is 1.91 bits per heavy atom. The van der Waals surface area contributed by atoms with Gasteiger partial charge in [-0.3, -0.25) is 4.79 Å². The molecule has 0 radical (unpaired) electrons. The lowest BCUT2D eigenvalue weighted by Gasteiger charge is -2.06. The second kappa shape index (κ2) is 7.25. The van der Waals surface area contributed by atoms with E-state index in [-0.39, 0.29) is 11.3 Å². The minimum atomic E-state index is -0.538. The highest BCUT2D eigenvalue weighted by Crippen LogP contribution is 2.33. The van der Waals surface area contributed by atoms with Crippen LogP contribution < -0.4 is 5.32 Å². The van der Waals surface area contributed by atoms with Gasteiger partial charge >= 0.3 is 0 Å². The zero-order valence-electron chi connectivity index (χ0n) is 11.2. The van der Waals surface area contributed by atoms with Crippen molar-refractivity contribution >= 4 is 49.5 Å². The molecule has 2 aromatic rings. The van der Waals surface area contributed by atoms with Crippen molar-refractivity contribution in [2.45, 2.75) is 0 Å². The molecule has 0 spiro atoms. The molecule has 0 aromatic heterocycles. The second-order valence-corrected chi connectivity index (χ2v) is 6.09. The number of hydrogen-bond acceptors (Lipinski definition) is 3. The largest absolute Gasteiger partial charge is 0.506 e. The lowest BCUT2D eigenvalue weighted by molar-refractivity contribution is -0.112. The molecule has 0 atom stereocenters. The maximum absolute atomic E-state index is 12.1. The van der Waals surface area contributed by atoms with Gasteiger partial charge in [0.1, 0.15) is 17.4 Å². The highest BCUT2D eigenvalue weighted by molar-refractivity contribution is 9.11. The van der Waals surface area contributed by atoms with Crippen LogP contribution in [0.4, 0.5) is 5.69 Å². The van der Waals surface area contributed by atoms with Crippen LogP contribution in [0.2, 0.25) is 0 Å². The van der Waals surface area contributed by atoms with Gasteiger partial charge in [0.05, 0.1) is 4.47 Å². The highest BCUT2D eigenvalue weighted by atomic mass is 79.9. The summed E-state index contributed by atoms with van der Waals surface area (Å²) in [5.74, 6) is -0.576. The third-order valence-electron chi connectivity index (χ3n) is 2.75. The maximum atomic E-state index is 12.1. The van der Waals surface area contributed by atoms with Gasteiger partial charge in [-0.15, -0.1) is 0 Å². The van der Waals surface area contributed by atoms with Gasteiger partial charge in [0.2, 0.25) is 0 Å². The van der Waals surface area contributed by atoms with E-state index in [1.54, 1.807) is 36.4 Å². The van der Waals surface area contributed by atoms with E-state index in [1.807, 2.05) is 12.1 Å². The molecule has 0 fully saturated rings. The summed E-state index contributed by atoms with van der Waals surface area (Å²) in [6, 6.07) is 14.0. The number of carbonyl (C=O) groups excluding carboxylic acids is 1. The molecular formula is C16H10Br2N2O2. The molecule has 2 N–H and O–H groups in total. The van der Waals surface area contributed by atoms with Gasteiger partial charge in [0.15, 0.2) is 0 Å². The zero-order valence-corrected chi connectivity index (χ0v) is 14.3. The van der Waals surface area contributed by atoms with Gasteiger partial charge in [-0.1, -0.05) is 34.1 Å². The van der Waals surface area contributed by atoms with Gasteiger partial charge in [0, 0.05) is 15.7 Å². The molecule has 4 nitrogen and oxygen atoms in total. The number of phenolic OH excluding ortho intramolecular Hbond substituents is 1. The first kappa shape index (κ1) is 16.3. The minimum Gasteiger partial charge on any atom is -0.506 e. The number of hydrogen-bond donors (Lipinski definition) is 2. The van der Waals surface area contributed by atoms with E-state index in [1.165, 1.54) is 6.08 Å². The molecule has 0 heterocycles. The smallest absolute Gasteiger partial charge is 0.266 e. The standard InChI is InChI=1S/C16H10Br2N2O2/c17-12-7-10(15(21)14(18)8-12)6-11(9-19)16(22)20-13-4-2-1-3-5-13/h1-8,21H,(H,20,22). The molecular weight excluding hydrogens is 412 g/mol. The average molecular weight is 422 g/mol. The first-order valence-corrected chi connectivity index (χ1v) is 7.76. The summed E-state index contributed by atoms with van der Waals surface area (Å²) < 4.78 is 1.18. The summed E-state index contributed by atoms with van der Waals surface area (Å²) in [6.45, 7) is 0. The average Bonchev–Trinajstić information content (AvgIpc) is 2.50. The van der Waals surface area contributed by atoms with E-state index < -0.39 is 5.91 Å². The molecule has 0 saturated heterocycles. The van der Waals surface area contributed by atoms with E-state index in [0.717, 1.165) is 0 Å². The minimum absolute atomic E-state index is 0.0385. The number of nitriles is 1. The number of nitrogens with one attached hydrogen (secondary N) is 1. The molecule has 0 aliphatic rings. The number of benzene rings is 2. The van der Waals surface area contributed by atoms with Gasteiger partial charge in [0.25, 0.3) is 5.91 Å². The summed E-state index contributed by atoms with van der Waals surface area (Å²) in [4.78, 5) is 12.1. The number of phenols is 1. The van der Waals surface area contributed by atoms with E-state index in [0.29, 0.717) is 20.2 Å². The molecule has 2 aromatic carbocycles. The van der Waals surface area contributed by atoms with E-state index in [9.17, 15) is 15.2 Å². The Hall–Kier alpha value is -2.10. The summed E-state index contributed by atoms with van der Waals surface area (Å²) in [7, 11) is 0. The van der Waals surface area contributed by atoms with Crippen molar-refractivity contribution in [2.24, 2.45) is 0 Å². The van der Waals surface area contributed by atoms with Crippen molar-refractivity contribution in [1.82, 2.24) is 0 Å². The predicted octanol–water partition coefficient (Wildman–Crippen LogP) is 4.46. The summed E-state index contributed by atoms with van der Waals surface area (Å²) in [5, 5.41) is 21.8.